The maximum Gasteiger partial charge on any atom is 0.337 e. The highest BCUT2D eigenvalue weighted by atomic mass is 16.5. The number of methoxy groups -OCH3 is 1. The third-order valence-corrected chi connectivity index (χ3v) is 2.22. The molecule has 88 valence electrons. The predicted octanol–water partition coefficient (Wildman–Crippen LogP) is 2.14. The normalized spacial score (nSPS) is 12.2. The number of benzene rings is 1. The van der Waals surface area contributed by atoms with Crippen LogP contribution in [0, 0.1) is 6.92 Å². The smallest absolute Gasteiger partial charge is 0.337 e. The molecule has 4 nitrogen and oxygen atoms in total. The molecule has 16 heavy (non-hydrogen) atoms. The number of aromatic carboxylic acids is 1. The number of rotatable bonds is 5. The topological polar surface area (TPSA) is 58.6 Å². The molecule has 4 heteroatoms. The SMILES string of the molecule is COCC(C)Nc1cc(C)ccc1C(=O)O. The van der Waals surface area contributed by atoms with Crippen molar-refractivity contribution in [3.8, 4) is 0 Å². The number of hydrogen-bond donors (Lipinski definition) is 2. The van der Waals surface area contributed by atoms with Crippen LogP contribution in [0.2, 0.25) is 0 Å². The largest absolute Gasteiger partial charge is 0.478 e. The molecule has 0 saturated carbocycles. The molecule has 1 aromatic carbocycles. The van der Waals surface area contributed by atoms with Gasteiger partial charge in [-0.15, -0.1) is 0 Å². The van der Waals surface area contributed by atoms with Gasteiger partial charge in [0.1, 0.15) is 0 Å². The van der Waals surface area contributed by atoms with Gasteiger partial charge >= 0.3 is 5.97 Å². The third-order valence-electron chi connectivity index (χ3n) is 2.22. The summed E-state index contributed by atoms with van der Waals surface area (Å²) in [4.78, 5) is 11.0. The summed E-state index contributed by atoms with van der Waals surface area (Å²) in [5.41, 5.74) is 1.95. The fraction of sp³-hybridized carbons (Fsp3) is 0.417. The van der Waals surface area contributed by atoms with Crippen LogP contribution in [0.15, 0.2) is 18.2 Å². The van der Waals surface area contributed by atoms with E-state index in [1.54, 1.807) is 19.2 Å². The summed E-state index contributed by atoms with van der Waals surface area (Å²) in [5.74, 6) is -0.924. The maximum absolute atomic E-state index is 11.0. The van der Waals surface area contributed by atoms with E-state index in [4.69, 9.17) is 9.84 Å². The summed E-state index contributed by atoms with van der Waals surface area (Å²) in [6.45, 7) is 4.41. The lowest BCUT2D eigenvalue weighted by Gasteiger charge is -2.16. The van der Waals surface area contributed by atoms with Crippen molar-refractivity contribution < 1.29 is 14.6 Å². The van der Waals surface area contributed by atoms with E-state index in [1.807, 2.05) is 19.9 Å². The zero-order valence-electron chi connectivity index (χ0n) is 9.78. The first-order chi connectivity index (χ1) is 7.54. The Hall–Kier alpha value is -1.55. The van der Waals surface area contributed by atoms with Crippen molar-refractivity contribution in [2.75, 3.05) is 19.0 Å². The minimum atomic E-state index is -0.924. The fourth-order valence-corrected chi connectivity index (χ4v) is 1.52. The van der Waals surface area contributed by atoms with E-state index in [-0.39, 0.29) is 11.6 Å². The van der Waals surface area contributed by atoms with Gasteiger partial charge in [-0.25, -0.2) is 4.79 Å². The molecule has 0 amide bonds. The maximum atomic E-state index is 11.0. The van der Waals surface area contributed by atoms with E-state index in [9.17, 15) is 4.79 Å². The Bertz CT molecular complexity index is 377. The van der Waals surface area contributed by atoms with Crippen molar-refractivity contribution in [3.05, 3.63) is 29.3 Å². The van der Waals surface area contributed by atoms with E-state index < -0.39 is 5.97 Å². The molecule has 0 bridgehead atoms. The summed E-state index contributed by atoms with van der Waals surface area (Å²) in [6, 6.07) is 5.30. The molecule has 0 aliphatic heterocycles. The van der Waals surface area contributed by atoms with Crippen LogP contribution in [0.3, 0.4) is 0 Å². The molecule has 1 unspecified atom stereocenters. The molecule has 1 aromatic rings. The van der Waals surface area contributed by atoms with Gasteiger partial charge in [0.05, 0.1) is 12.2 Å². The molecule has 1 atom stereocenters. The molecule has 0 aliphatic carbocycles. The average molecular weight is 223 g/mol. The number of nitrogens with one attached hydrogen (secondary N) is 1. The van der Waals surface area contributed by atoms with Gasteiger partial charge < -0.3 is 15.2 Å². The van der Waals surface area contributed by atoms with Crippen LogP contribution in [0.25, 0.3) is 0 Å². The zero-order chi connectivity index (χ0) is 12.1. The van der Waals surface area contributed by atoms with Gasteiger partial charge in [-0.2, -0.15) is 0 Å². The van der Waals surface area contributed by atoms with Crippen LogP contribution in [0.5, 0.6) is 0 Å². The molecule has 0 spiro atoms. The Labute approximate surface area is 95.2 Å². The molecule has 2 N–H and O–H groups in total. The second-order valence-electron chi connectivity index (χ2n) is 3.85. The summed E-state index contributed by atoms with van der Waals surface area (Å²) >= 11 is 0. The Morgan fingerprint density at radius 3 is 2.81 bits per heavy atom. The van der Waals surface area contributed by atoms with E-state index in [0.29, 0.717) is 12.3 Å². The average Bonchev–Trinajstić information content (AvgIpc) is 2.17. The van der Waals surface area contributed by atoms with Gasteiger partial charge in [0.2, 0.25) is 0 Å². The molecule has 1 rings (SSSR count). The van der Waals surface area contributed by atoms with Gasteiger partial charge in [0.25, 0.3) is 0 Å². The molecule has 0 aromatic heterocycles. The Kier molecular flexibility index (Phi) is 4.31. The number of anilines is 1. The van der Waals surface area contributed by atoms with Gasteiger partial charge in [-0.1, -0.05) is 6.07 Å². The van der Waals surface area contributed by atoms with Crippen LogP contribution >= 0.6 is 0 Å². The van der Waals surface area contributed by atoms with E-state index in [0.717, 1.165) is 5.56 Å². The molecule has 0 heterocycles. The van der Waals surface area contributed by atoms with Crippen LogP contribution in [0.1, 0.15) is 22.8 Å². The van der Waals surface area contributed by atoms with Crippen LogP contribution in [-0.2, 0) is 4.74 Å². The number of carbonyl (C=O) groups is 1. The second-order valence-corrected chi connectivity index (χ2v) is 3.85. The first kappa shape index (κ1) is 12.5. The number of carboxylic acids is 1. The molecule has 0 fully saturated rings. The Morgan fingerprint density at radius 2 is 2.25 bits per heavy atom. The highest BCUT2D eigenvalue weighted by Crippen LogP contribution is 2.18. The van der Waals surface area contributed by atoms with Crippen LogP contribution < -0.4 is 5.32 Å². The van der Waals surface area contributed by atoms with Crippen molar-refractivity contribution in [1.82, 2.24) is 0 Å². The molecule has 0 radical (unpaired) electrons. The second kappa shape index (κ2) is 5.51. The van der Waals surface area contributed by atoms with Crippen molar-refractivity contribution >= 4 is 11.7 Å². The van der Waals surface area contributed by atoms with Crippen LogP contribution in [0.4, 0.5) is 5.69 Å². The fourth-order valence-electron chi connectivity index (χ4n) is 1.52. The lowest BCUT2D eigenvalue weighted by molar-refractivity contribution is 0.0698. The van der Waals surface area contributed by atoms with Crippen molar-refractivity contribution in [1.29, 1.82) is 0 Å². The van der Waals surface area contributed by atoms with E-state index >= 15 is 0 Å². The number of ether oxygens (including phenoxy) is 1. The molecule has 0 aliphatic rings. The summed E-state index contributed by atoms with van der Waals surface area (Å²) in [7, 11) is 1.62. The van der Waals surface area contributed by atoms with Gasteiger partial charge in [0.15, 0.2) is 0 Å². The van der Waals surface area contributed by atoms with Gasteiger partial charge in [-0.3, -0.25) is 0 Å². The van der Waals surface area contributed by atoms with E-state index in [2.05, 4.69) is 5.32 Å². The molecular weight excluding hydrogens is 206 g/mol. The monoisotopic (exact) mass is 223 g/mol. The quantitative estimate of drug-likeness (QED) is 0.803. The summed E-state index contributed by atoms with van der Waals surface area (Å²) < 4.78 is 5.00. The number of aryl methyl sites for hydroxylation is 1. The minimum absolute atomic E-state index is 0.0740. The Morgan fingerprint density at radius 1 is 1.56 bits per heavy atom. The highest BCUT2D eigenvalue weighted by molar-refractivity contribution is 5.94. The zero-order valence-corrected chi connectivity index (χ0v) is 9.78. The first-order valence-electron chi connectivity index (χ1n) is 5.14. The number of hydrogen-bond acceptors (Lipinski definition) is 3. The van der Waals surface area contributed by atoms with Gasteiger partial charge in [0, 0.05) is 18.8 Å². The Balaban J connectivity index is 2.92. The number of carboxylic acid groups (broad SMARTS) is 1. The third kappa shape index (κ3) is 3.24. The molecule has 0 saturated heterocycles. The summed E-state index contributed by atoms with van der Waals surface area (Å²) in [6.07, 6.45) is 0. The van der Waals surface area contributed by atoms with Crippen molar-refractivity contribution in [3.63, 3.8) is 0 Å². The standard InChI is InChI=1S/C12H17NO3/c1-8-4-5-10(12(14)15)11(6-8)13-9(2)7-16-3/h4-6,9,13H,7H2,1-3H3,(H,14,15). The lowest BCUT2D eigenvalue weighted by Crippen LogP contribution is -2.22. The van der Waals surface area contributed by atoms with E-state index in [1.165, 1.54) is 0 Å². The van der Waals surface area contributed by atoms with Crippen molar-refractivity contribution in [2.45, 2.75) is 19.9 Å². The summed E-state index contributed by atoms with van der Waals surface area (Å²) in [5, 5.41) is 12.2. The lowest BCUT2D eigenvalue weighted by atomic mass is 10.1. The molecular formula is C12H17NO3. The van der Waals surface area contributed by atoms with Crippen molar-refractivity contribution in [2.24, 2.45) is 0 Å². The minimum Gasteiger partial charge on any atom is -0.478 e. The highest BCUT2D eigenvalue weighted by Gasteiger charge is 2.11. The van der Waals surface area contributed by atoms with Crippen LogP contribution in [-0.4, -0.2) is 30.8 Å². The predicted molar refractivity (Wildman–Crippen MR) is 63.1 cm³/mol. The van der Waals surface area contributed by atoms with Gasteiger partial charge in [-0.05, 0) is 31.5 Å². The first-order valence-corrected chi connectivity index (χ1v) is 5.14.